The topological polar surface area (TPSA) is 84.6 Å². The van der Waals surface area contributed by atoms with Crippen molar-refractivity contribution in [1.82, 2.24) is 5.16 Å². The van der Waals surface area contributed by atoms with E-state index in [-0.39, 0.29) is 11.6 Å². The van der Waals surface area contributed by atoms with Crippen LogP contribution in [0.3, 0.4) is 0 Å². The first-order valence-electron chi connectivity index (χ1n) is 5.68. The van der Waals surface area contributed by atoms with Crippen molar-refractivity contribution in [2.45, 2.75) is 19.4 Å². The van der Waals surface area contributed by atoms with Crippen LogP contribution in [0.2, 0.25) is 0 Å². The zero-order chi connectivity index (χ0) is 13.9. The van der Waals surface area contributed by atoms with Gasteiger partial charge in [-0.2, -0.15) is 0 Å². The number of carbonyl (C=O) groups is 1. The predicted octanol–water partition coefficient (Wildman–Crippen LogP) is 2.51. The van der Waals surface area contributed by atoms with E-state index >= 15 is 0 Å². The van der Waals surface area contributed by atoms with Crippen molar-refractivity contribution < 1.29 is 19.2 Å². The molecule has 6 heteroatoms. The normalized spacial score (nSPS) is 11.1. The average molecular weight is 262 g/mol. The molecule has 1 amide bonds. The Hall–Kier alpha value is -2.34. The summed E-state index contributed by atoms with van der Waals surface area (Å²) in [5.74, 6) is 0.853. The lowest BCUT2D eigenvalue weighted by atomic mass is 10.1. The molecule has 1 heterocycles. The third kappa shape index (κ3) is 3.56. The second kappa shape index (κ2) is 5.11. The summed E-state index contributed by atoms with van der Waals surface area (Å²) in [6.45, 7) is 3.11. The summed E-state index contributed by atoms with van der Waals surface area (Å²) < 4.78 is 9.93. The van der Waals surface area contributed by atoms with Crippen LogP contribution < -0.4 is 10.1 Å². The van der Waals surface area contributed by atoms with Gasteiger partial charge in [0.25, 0.3) is 0 Å². The maximum atomic E-state index is 11.6. The van der Waals surface area contributed by atoms with Crippen molar-refractivity contribution in [3.63, 3.8) is 0 Å². The smallest absolute Gasteiger partial charge is 0.410 e. The molecule has 2 aromatic rings. The van der Waals surface area contributed by atoms with Crippen LogP contribution in [-0.2, 0) is 5.60 Å². The molecule has 1 aromatic carbocycles. The van der Waals surface area contributed by atoms with Gasteiger partial charge in [-0.15, -0.1) is 0 Å². The molecule has 1 aromatic heterocycles. The Labute approximate surface area is 110 Å². The molecule has 2 rings (SSSR count). The number of nitrogens with one attached hydrogen (secondary N) is 1. The fourth-order valence-electron chi connectivity index (χ4n) is 1.35. The van der Waals surface area contributed by atoms with E-state index in [1.807, 2.05) is 6.07 Å². The third-order valence-electron chi connectivity index (χ3n) is 2.30. The van der Waals surface area contributed by atoms with Gasteiger partial charge in [0, 0.05) is 6.07 Å². The Morgan fingerprint density at radius 1 is 1.37 bits per heavy atom. The minimum absolute atomic E-state index is 0.179. The summed E-state index contributed by atoms with van der Waals surface area (Å²) in [5.41, 5.74) is -1.16. The van der Waals surface area contributed by atoms with Gasteiger partial charge in [0.15, 0.2) is 11.6 Å². The number of rotatable bonds is 3. The lowest BCUT2D eigenvalue weighted by Gasteiger charge is -2.10. The summed E-state index contributed by atoms with van der Waals surface area (Å²) >= 11 is 0. The Balaban J connectivity index is 1.98. The molecule has 2 N–H and O–H groups in total. The zero-order valence-corrected chi connectivity index (χ0v) is 10.6. The van der Waals surface area contributed by atoms with Gasteiger partial charge in [-0.05, 0) is 26.0 Å². The van der Waals surface area contributed by atoms with Crippen molar-refractivity contribution >= 4 is 11.9 Å². The lowest BCUT2D eigenvalue weighted by molar-refractivity contribution is 0.0476. The third-order valence-corrected chi connectivity index (χ3v) is 2.30. The molecule has 0 radical (unpaired) electrons. The molecule has 100 valence electrons. The molecule has 6 nitrogen and oxygen atoms in total. The van der Waals surface area contributed by atoms with E-state index in [0.29, 0.717) is 5.75 Å². The molecule has 19 heavy (non-hydrogen) atoms. The summed E-state index contributed by atoms with van der Waals surface area (Å²) in [6.07, 6.45) is -0.679. The number of hydrogen-bond acceptors (Lipinski definition) is 5. The zero-order valence-electron chi connectivity index (χ0n) is 10.6. The molecular formula is C13H14N2O4. The Morgan fingerprint density at radius 2 is 2.05 bits per heavy atom. The summed E-state index contributed by atoms with van der Waals surface area (Å²) in [7, 11) is 0. The largest absolute Gasteiger partial charge is 0.418 e. The Kier molecular flexibility index (Phi) is 3.52. The summed E-state index contributed by atoms with van der Waals surface area (Å²) in [4.78, 5) is 11.6. The van der Waals surface area contributed by atoms with Crippen LogP contribution in [0.15, 0.2) is 40.9 Å². The molecular weight excluding hydrogens is 248 g/mol. The minimum Gasteiger partial charge on any atom is -0.410 e. The SMILES string of the molecule is CC(C)(O)c1cc(NC(=O)Oc2ccccc2)no1. The van der Waals surface area contributed by atoms with E-state index in [2.05, 4.69) is 10.5 Å². The first-order valence-corrected chi connectivity index (χ1v) is 5.68. The van der Waals surface area contributed by atoms with Crippen molar-refractivity contribution in [2.24, 2.45) is 0 Å². The standard InChI is InChI=1S/C13H14N2O4/c1-13(2,17)10-8-11(15-19-10)14-12(16)18-9-6-4-3-5-7-9/h3-8,17H,1-2H3,(H,14,15,16). The summed E-state index contributed by atoms with van der Waals surface area (Å²) in [5, 5.41) is 15.7. The van der Waals surface area contributed by atoms with Crippen molar-refractivity contribution in [3.05, 3.63) is 42.2 Å². The highest BCUT2D eigenvalue weighted by molar-refractivity contribution is 5.85. The van der Waals surface area contributed by atoms with Gasteiger partial charge in [0.1, 0.15) is 11.4 Å². The fraction of sp³-hybridized carbons (Fsp3) is 0.231. The van der Waals surface area contributed by atoms with E-state index in [9.17, 15) is 9.90 Å². The van der Waals surface area contributed by atoms with Crippen molar-refractivity contribution in [1.29, 1.82) is 0 Å². The number of nitrogens with zero attached hydrogens (tertiary/aromatic N) is 1. The van der Waals surface area contributed by atoms with Gasteiger partial charge < -0.3 is 14.4 Å². The van der Waals surface area contributed by atoms with Crippen molar-refractivity contribution in [3.8, 4) is 5.75 Å². The maximum absolute atomic E-state index is 11.6. The number of hydrogen-bond donors (Lipinski definition) is 2. The number of aromatic nitrogens is 1. The van der Waals surface area contributed by atoms with E-state index in [4.69, 9.17) is 9.26 Å². The maximum Gasteiger partial charge on any atom is 0.418 e. The number of amides is 1. The second-order valence-corrected chi connectivity index (χ2v) is 4.46. The monoisotopic (exact) mass is 262 g/mol. The van der Waals surface area contributed by atoms with Gasteiger partial charge in [0.2, 0.25) is 0 Å². The summed E-state index contributed by atoms with van der Waals surface area (Å²) in [6, 6.07) is 10.1. The van der Waals surface area contributed by atoms with Gasteiger partial charge in [-0.25, -0.2) is 4.79 Å². The van der Waals surface area contributed by atoms with Crippen LogP contribution in [0.1, 0.15) is 19.6 Å². The Morgan fingerprint density at radius 3 is 2.63 bits per heavy atom. The predicted molar refractivity (Wildman–Crippen MR) is 67.8 cm³/mol. The fourth-order valence-corrected chi connectivity index (χ4v) is 1.35. The van der Waals surface area contributed by atoms with Crippen LogP contribution in [0.25, 0.3) is 0 Å². The number of anilines is 1. The van der Waals surface area contributed by atoms with Gasteiger partial charge >= 0.3 is 6.09 Å². The Bertz CT molecular complexity index is 558. The van der Waals surface area contributed by atoms with E-state index in [0.717, 1.165) is 0 Å². The van der Waals surface area contributed by atoms with Gasteiger partial charge in [0.05, 0.1) is 0 Å². The van der Waals surface area contributed by atoms with Crippen LogP contribution in [0, 0.1) is 0 Å². The first kappa shape index (κ1) is 13.1. The van der Waals surface area contributed by atoms with E-state index in [1.165, 1.54) is 6.07 Å². The quantitative estimate of drug-likeness (QED) is 0.887. The number of carbonyl (C=O) groups excluding carboxylic acids is 1. The molecule has 0 fully saturated rings. The molecule has 0 saturated heterocycles. The molecule has 0 unspecified atom stereocenters. The molecule has 0 aliphatic rings. The lowest BCUT2D eigenvalue weighted by Crippen LogP contribution is -2.17. The molecule has 0 saturated carbocycles. The van der Waals surface area contributed by atoms with Crippen LogP contribution in [0.5, 0.6) is 5.75 Å². The number of aliphatic hydroxyl groups is 1. The molecule has 0 atom stereocenters. The molecule has 0 aliphatic carbocycles. The van der Waals surface area contributed by atoms with Gasteiger partial charge in [-0.3, -0.25) is 5.32 Å². The van der Waals surface area contributed by atoms with Crippen LogP contribution in [-0.4, -0.2) is 16.4 Å². The second-order valence-electron chi connectivity index (χ2n) is 4.46. The first-order chi connectivity index (χ1) is 8.95. The highest BCUT2D eigenvalue weighted by atomic mass is 16.6. The molecule has 0 aliphatic heterocycles. The van der Waals surface area contributed by atoms with E-state index < -0.39 is 11.7 Å². The van der Waals surface area contributed by atoms with Crippen LogP contribution >= 0.6 is 0 Å². The minimum atomic E-state index is -1.16. The van der Waals surface area contributed by atoms with Crippen LogP contribution in [0.4, 0.5) is 10.6 Å². The number of para-hydroxylation sites is 1. The molecule has 0 spiro atoms. The van der Waals surface area contributed by atoms with Crippen molar-refractivity contribution in [2.75, 3.05) is 5.32 Å². The van der Waals surface area contributed by atoms with E-state index in [1.54, 1.807) is 38.1 Å². The number of benzene rings is 1. The number of ether oxygens (including phenoxy) is 1. The van der Waals surface area contributed by atoms with Gasteiger partial charge in [-0.1, -0.05) is 23.4 Å². The highest BCUT2D eigenvalue weighted by Crippen LogP contribution is 2.22. The highest BCUT2D eigenvalue weighted by Gasteiger charge is 2.22. The molecule has 0 bridgehead atoms. The average Bonchev–Trinajstić information content (AvgIpc) is 2.78.